The van der Waals surface area contributed by atoms with Gasteiger partial charge in [0, 0.05) is 24.0 Å². The van der Waals surface area contributed by atoms with Gasteiger partial charge in [-0.25, -0.2) is 0 Å². The van der Waals surface area contributed by atoms with Gasteiger partial charge in [0.05, 0.1) is 0 Å². The van der Waals surface area contributed by atoms with Crippen LogP contribution >= 0.6 is 11.6 Å². The Hall–Kier alpha value is -2.33. The van der Waals surface area contributed by atoms with Gasteiger partial charge >= 0.3 is 0 Å². The maximum absolute atomic E-state index is 13.4. The lowest BCUT2D eigenvalue weighted by molar-refractivity contribution is -0.141. The summed E-state index contributed by atoms with van der Waals surface area (Å²) in [5.41, 5.74) is 3.41. The first kappa shape index (κ1) is 25.3. The molecule has 178 valence electrons. The minimum absolute atomic E-state index is 0.00941. The van der Waals surface area contributed by atoms with Crippen molar-refractivity contribution in [3.8, 4) is 0 Å². The van der Waals surface area contributed by atoms with Gasteiger partial charge in [0.2, 0.25) is 11.8 Å². The van der Waals surface area contributed by atoms with E-state index in [4.69, 9.17) is 11.6 Å². The van der Waals surface area contributed by atoms with Gasteiger partial charge in [-0.05, 0) is 60.9 Å². The summed E-state index contributed by atoms with van der Waals surface area (Å²) in [6.45, 7) is 4.52. The number of hydrogen-bond acceptors (Lipinski definition) is 2. The molecule has 1 atom stereocenters. The Morgan fingerprint density at radius 2 is 1.55 bits per heavy atom. The lowest BCUT2D eigenvalue weighted by atomic mass is 9.95. The van der Waals surface area contributed by atoms with Crippen LogP contribution in [0.15, 0.2) is 48.5 Å². The molecule has 0 spiro atoms. The number of rotatable bonds is 10. The van der Waals surface area contributed by atoms with Crippen molar-refractivity contribution in [3.63, 3.8) is 0 Å². The number of carbonyl (C=O) groups is 2. The van der Waals surface area contributed by atoms with Gasteiger partial charge in [-0.1, -0.05) is 81.1 Å². The first-order chi connectivity index (χ1) is 16.0. The van der Waals surface area contributed by atoms with Gasteiger partial charge in [0.25, 0.3) is 0 Å². The number of nitrogens with one attached hydrogen (secondary N) is 1. The fraction of sp³-hybridized carbons (Fsp3) is 0.500. The summed E-state index contributed by atoms with van der Waals surface area (Å²) in [6, 6.07) is 15.7. The SMILES string of the molecule is CCc1ccc(CCC(=O)N(Cc2ccc(Cl)cc2)[C@@H](CC)C(=O)NC2CCCCC2)cc1. The van der Waals surface area contributed by atoms with Crippen LogP contribution in [-0.4, -0.2) is 28.8 Å². The van der Waals surface area contributed by atoms with Gasteiger partial charge in [-0.15, -0.1) is 0 Å². The van der Waals surface area contributed by atoms with Crippen molar-refractivity contribution in [2.24, 2.45) is 0 Å². The Balaban J connectivity index is 1.73. The van der Waals surface area contributed by atoms with E-state index < -0.39 is 6.04 Å². The minimum Gasteiger partial charge on any atom is -0.352 e. The van der Waals surface area contributed by atoms with Crippen LogP contribution in [0.25, 0.3) is 0 Å². The molecule has 1 aliphatic carbocycles. The molecule has 33 heavy (non-hydrogen) atoms. The highest BCUT2D eigenvalue weighted by Crippen LogP contribution is 2.20. The largest absolute Gasteiger partial charge is 0.352 e. The average Bonchev–Trinajstić information content (AvgIpc) is 2.84. The zero-order chi connectivity index (χ0) is 23.6. The summed E-state index contributed by atoms with van der Waals surface area (Å²) >= 11 is 6.05. The third-order valence-corrected chi connectivity index (χ3v) is 6.91. The van der Waals surface area contributed by atoms with Crippen LogP contribution in [0.2, 0.25) is 5.02 Å². The van der Waals surface area contributed by atoms with E-state index in [0.29, 0.717) is 30.8 Å². The smallest absolute Gasteiger partial charge is 0.243 e. The van der Waals surface area contributed by atoms with E-state index in [1.54, 1.807) is 4.90 Å². The molecule has 1 saturated carbocycles. The second-order valence-electron chi connectivity index (χ2n) is 9.09. The molecule has 2 aromatic carbocycles. The lowest BCUT2D eigenvalue weighted by Gasteiger charge is -2.33. The Bertz CT molecular complexity index is 889. The maximum Gasteiger partial charge on any atom is 0.243 e. The molecule has 0 radical (unpaired) electrons. The van der Waals surface area contributed by atoms with Crippen molar-refractivity contribution in [1.82, 2.24) is 10.2 Å². The zero-order valence-corrected chi connectivity index (χ0v) is 20.7. The van der Waals surface area contributed by atoms with Crippen molar-refractivity contribution < 1.29 is 9.59 Å². The topological polar surface area (TPSA) is 49.4 Å². The first-order valence-electron chi connectivity index (χ1n) is 12.4. The van der Waals surface area contributed by atoms with E-state index in [1.165, 1.54) is 12.0 Å². The van der Waals surface area contributed by atoms with Gasteiger partial charge in [0.15, 0.2) is 0 Å². The summed E-state index contributed by atoms with van der Waals surface area (Å²) in [4.78, 5) is 28.4. The molecule has 5 heteroatoms. The van der Waals surface area contributed by atoms with Crippen molar-refractivity contribution >= 4 is 23.4 Å². The molecule has 1 aliphatic rings. The third kappa shape index (κ3) is 7.60. The molecule has 2 aromatic rings. The van der Waals surface area contributed by atoms with Gasteiger partial charge in [-0.2, -0.15) is 0 Å². The quantitative estimate of drug-likeness (QED) is 0.458. The highest BCUT2D eigenvalue weighted by molar-refractivity contribution is 6.30. The molecule has 0 saturated heterocycles. The number of aryl methyl sites for hydroxylation is 2. The van der Waals surface area contributed by atoms with Crippen molar-refractivity contribution in [1.29, 1.82) is 0 Å². The number of benzene rings is 2. The number of nitrogens with zero attached hydrogens (tertiary/aromatic N) is 1. The van der Waals surface area contributed by atoms with Gasteiger partial charge in [0.1, 0.15) is 6.04 Å². The summed E-state index contributed by atoms with van der Waals surface area (Å²) in [7, 11) is 0. The normalized spacial score (nSPS) is 15.1. The summed E-state index contributed by atoms with van der Waals surface area (Å²) < 4.78 is 0. The molecule has 4 nitrogen and oxygen atoms in total. The summed E-state index contributed by atoms with van der Waals surface area (Å²) in [5.74, 6) is -0.0193. The lowest BCUT2D eigenvalue weighted by Crippen LogP contribution is -2.51. The predicted molar refractivity (Wildman–Crippen MR) is 135 cm³/mol. The summed E-state index contributed by atoms with van der Waals surface area (Å²) in [5, 5.41) is 3.89. The standard InChI is InChI=1S/C28H37ClN2O2/c1-3-21-10-12-22(13-11-21)16-19-27(32)31(20-23-14-17-24(29)18-15-23)26(4-2)28(33)30-25-8-6-5-7-9-25/h10-15,17-18,25-26H,3-9,16,19-20H2,1-2H3,(H,30,33)/t26-/m0/s1. The minimum atomic E-state index is -0.474. The first-order valence-corrected chi connectivity index (χ1v) is 12.8. The van der Waals surface area contributed by atoms with Gasteiger partial charge < -0.3 is 10.2 Å². The molecule has 0 heterocycles. The molecule has 0 aliphatic heterocycles. The summed E-state index contributed by atoms with van der Waals surface area (Å²) in [6.07, 6.45) is 8.25. The van der Waals surface area contributed by atoms with E-state index in [1.807, 2.05) is 31.2 Å². The van der Waals surface area contributed by atoms with E-state index in [9.17, 15) is 9.59 Å². The fourth-order valence-corrected chi connectivity index (χ4v) is 4.71. The van der Waals surface area contributed by atoms with E-state index in [0.717, 1.165) is 43.2 Å². The molecular formula is C28H37ClN2O2. The van der Waals surface area contributed by atoms with Crippen LogP contribution in [-0.2, 0) is 29.0 Å². The third-order valence-electron chi connectivity index (χ3n) is 6.66. The van der Waals surface area contributed by atoms with E-state index in [2.05, 4.69) is 36.5 Å². The number of amides is 2. The fourth-order valence-electron chi connectivity index (χ4n) is 4.59. The molecular weight excluding hydrogens is 432 g/mol. The molecule has 1 fully saturated rings. The van der Waals surface area contributed by atoms with Crippen LogP contribution in [0, 0.1) is 0 Å². The van der Waals surface area contributed by atoms with Crippen LogP contribution < -0.4 is 5.32 Å². The highest BCUT2D eigenvalue weighted by atomic mass is 35.5. The molecule has 3 rings (SSSR count). The zero-order valence-electron chi connectivity index (χ0n) is 20.0. The van der Waals surface area contributed by atoms with Crippen LogP contribution in [0.4, 0.5) is 0 Å². The maximum atomic E-state index is 13.4. The van der Waals surface area contributed by atoms with E-state index >= 15 is 0 Å². The monoisotopic (exact) mass is 468 g/mol. The van der Waals surface area contributed by atoms with Gasteiger partial charge in [-0.3, -0.25) is 9.59 Å². The van der Waals surface area contributed by atoms with Crippen LogP contribution in [0.3, 0.4) is 0 Å². The molecule has 2 amide bonds. The second-order valence-corrected chi connectivity index (χ2v) is 9.52. The average molecular weight is 469 g/mol. The van der Waals surface area contributed by atoms with Crippen LogP contribution in [0.5, 0.6) is 0 Å². The Kier molecular flexibility index (Phi) is 9.80. The predicted octanol–water partition coefficient (Wildman–Crippen LogP) is 6.09. The second kappa shape index (κ2) is 12.8. The molecule has 1 N–H and O–H groups in total. The molecule has 0 unspecified atom stereocenters. The van der Waals surface area contributed by atoms with Crippen molar-refractivity contribution in [2.45, 2.75) is 90.3 Å². The van der Waals surface area contributed by atoms with Crippen LogP contribution in [0.1, 0.15) is 75.5 Å². The van der Waals surface area contributed by atoms with E-state index in [-0.39, 0.29) is 17.9 Å². The van der Waals surface area contributed by atoms with Crippen molar-refractivity contribution in [3.05, 3.63) is 70.2 Å². The number of hydrogen-bond donors (Lipinski definition) is 1. The van der Waals surface area contributed by atoms with Crippen molar-refractivity contribution in [2.75, 3.05) is 0 Å². The number of carbonyl (C=O) groups excluding carboxylic acids is 2. The Morgan fingerprint density at radius 3 is 2.15 bits per heavy atom. The molecule has 0 bridgehead atoms. The Labute approximate surface area is 203 Å². The highest BCUT2D eigenvalue weighted by Gasteiger charge is 2.30. The Morgan fingerprint density at radius 1 is 0.939 bits per heavy atom. The number of halogens is 1. The molecule has 0 aromatic heterocycles.